The number of hydrogen-bond acceptors (Lipinski definition) is 5. The molecule has 1 fully saturated rings. The van der Waals surface area contributed by atoms with E-state index in [0.717, 1.165) is 18.2 Å². The Balaban J connectivity index is 1.72. The zero-order valence-electron chi connectivity index (χ0n) is 17.0. The van der Waals surface area contributed by atoms with Gasteiger partial charge in [0, 0.05) is 41.2 Å². The highest BCUT2D eigenvalue weighted by atomic mass is 35.5. The molecular weight excluding hydrogens is 440 g/mol. The highest BCUT2D eigenvalue weighted by molar-refractivity contribution is 7.89. The van der Waals surface area contributed by atoms with E-state index in [1.54, 1.807) is 31.4 Å². The molecule has 1 aliphatic heterocycles. The molecule has 0 bridgehead atoms. The van der Waals surface area contributed by atoms with E-state index in [4.69, 9.17) is 21.1 Å². The van der Waals surface area contributed by atoms with Gasteiger partial charge in [0.2, 0.25) is 10.0 Å². The average Bonchev–Trinajstić information content (AvgIpc) is 3.27. The summed E-state index contributed by atoms with van der Waals surface area (Å²) in [7, 11) is -2.30. The number of ether oxygens (including phenoxy) is 2. The number of aromatic amines is 1. The molecule has 1 saturated heterocycles. The second kappa shape index (κ2) is 9.00. The van der Waals surface area contributed by atoms with Crippen molar-refractivity contribution in [2.75, 3.05) is 20.3 Å². The monoisotopic (exact) mass is 462 g/mol. The second-order valence-electron chi connectivity index (χ2n) is 7.46. The van der Waals surface area contributed by atoms with Gasteiger partial charge in [-0.3, -0.25) is 4.79 Å². The fourth-order valence-electron chi connectivity index (χ4n) is 3.68. The molecular formula is C22H23ClN2O5S. The van der Waals surface area contributed by atoms with Crippen molar-refractivity contribution in [2.24, 2.45) is 0 Å². The number of methoxy groups -OCH3 is 1. The minimum absolute atomic E-state index is 0.0761. The number of H-pyrrole nitrogens is 1. The molecule has 164 valence electrons. The first kappa shape index (κ1) is 21.8. The summed E-state index contributed by atoms with van der Waals surface area (Å²) in [5.41, 5.74) is 0.665. The topological polar surface area (TPSA) is 88.7 Å². The Bertz CT molecular complexity index is 1230. The van der Waals surface area contributed by atoms with Gasteiger partial charge in [0.1, 0.15) is 5.75 Å². The number of sulfonamides is 1. The number of nitrogens with one attached hydrogen (secondary N) is 1. The first-order chi connectivity index (χ1) is 14.9. The Kier molecular flexibility index (Phi) is 6.34. The smallest absolute Gasteiger partial charge is 0.252 e. The van der Waals surface area contributed by atoms with E-state index in [9.17, 15) is 13.2 Å². The molecule has 1 aliphatic rings. The lowest BCUT2D eigenvalue weighted by Crippen LogP contribution is -2.38. The van der Waals surface area contributed by atoms with Gasteiger partial charge in [-0.2, -0.15) is 4.31 Å². The molecule has 2 aromatic carbocycles. The van der Waals surface area contributed by atoms with Crippen LogP contribution in [-0.4, -0.2) is 44.1 Å². The molecule has 2 heterocycles. The van der Waals surface area contributed by atoms with E-state index in [2.05, 4.69) is 4.98 Å². The molecule has 3 aromatic rings. The third-order valence-electron chi connectivity index (χ3n) is 5.36. The third kappa shape index (κ3) is 4.77. The standard InChI is InChI=1S/C22H23ClN2O5S/c1-29-18-6-9-21-15(12-18)11-16(22(26)24-21)13-25(14-19-3-2-10-30-19)31(27,28)20-7-4-17(23)5-8-20/h4-9,11-12,19H,2-3,10,13-14H2,1H3,(H,24,26)/t19-/m1/s1. The number of pyridine rings is 1. The highest BCUT2D eigenvalue weighted by Crippen LogP contribution is 2.24. The lowest BCUT2D eigenvalue weighted by Gasteiger charge is -2.25. The van der Waals surface area contributed by atoms with Gasteiger partial charge in [0.15, 0.2) is 0 Å². The lowest BCUT2D eigenvalue weighted by atomic mass is 10.1. The van der Waals surface area contributed by atoms with Crippen LogP contribution in [0, 0.1) is 0 Å². The molecule has 0 saturated carbocycles. The summed E-state index contributed by atoms with van der Waals surface area (Å²) in [6.07, 6.45) is 1.45. The number of nitrogens with zero attached hydrogens (tertiary/aromatic N) is 1. The Morgan fingerprint density at radius 3 is 2.65 bits per heavy atom. The summed E-state index contributed by atoms with van der Waals surface area (Å²) in [5, 5.41) is 1.21. The van der Waals surface area contributed by atoms with Crippen LogP contribution in [0.2, 0.25) is 5.02 Å². The van der Waals surface area contributed by atoms with Crippen LogP contribution in [-0.2, 0) is 21.3 Å². The van der Waals surface area contributed by atoms with Crippen molar-refractivity contribution in [1.82, 2.24) is 9.29 Å². The van der Waals surface area contributed by atoms with Gasteiger partial charge in [-0.25, -0.2) is 8.42 Å². The fraction of sp³-hybridized carbons (Fsp3) is 0.318. The number of aromatic nitrogens is 1. The molecule has 0 radical (unpaired) electrons. The fourth-order valence-corrected chi connectivity index (χ4v) is 5.26. The van der Waals surface area contributed by atoms with Crippen LogP contribution in [0.25, 0.3) is 10.9 Å². The summed E-state index contributed by atoms with van der Waals surface area (Å²) in [6.45, 7) is 0.698. The maximum Gasteiger partial charge on any atom is 0.252 e. The zero-order chi connectivity index (χ0) is 22.0. The van der Waals surface area contributed by atoms with E-state index >= 15 is 0 Å². The average molecular weight is 463 g/mol. The molecule has 0 spiro atoms. The Morgan fingerprint density at radius 2 is 1.97 bits per heavy atom. The third-order valence-corrected chi connectivity index (χ3v) is 7.44. The molecule has 4 rings (SSSR count). The number of hydrogen-bond donors (Lipinski definition) is 1. The van der Waals surface area contributed by atoms with Crippen LogP contribution in [0.4, 0.5) is 0 Å². The van der Waals surface area contributed by atoms with Crippen molar-refractivity contribution in [2.45, 2.75) is 30.4 Å². The minimum Gasteiger partial charge on any atom is -0.497 e. The Morgan fingerprint density at radius 1 is 1.19 bits per heavy atom. The van der Waals surface area contributed by atoms with Gasteiger partial charge in [-0.1, -0.05) is 11.6 Å². The van der Waals surface area contributed by atoms with Crippen molar-refractivity contribution in [1.29, 1.82) is 0 Å². The van der Waals surface area contributed by atoms with Gasteiger partial charge in [0.25, 0.3) is 5.56 Å². The molecule has 1 atom stereocenters. The maximum absolute atomic E-state index is 13.4. The molecule has 9 heteroatoms. The molecule has 1 N–H and O–H groups in total. The lowest BCUT2D eigenvalue weighted by molar-refractivity contribution is 0.0925. The first-order valence-electron chi connectivity index (χ1n) is 9.94. The summed E-state index contributed by atoms with van der Waals surface area (Å²) < 4.78 is 39.1. The van der Waals surface area contributed by atoms with Crippen molar-refractivity contribution in [3.8, 4) is 5.75 Å². The highest BCUT2D eigenvalue weighted by Gasteiger charge is 2.30. The van der Waals surface area contributed by atoms with E-state index in [-0.39, 0.29) is 29.6 Å². The molecule has 0 aliphatic carbocycles. The van der Waals surface area contributed by atoms with Crippen molar-refractivity contribution in [3.05, 3.63) is 69.5 Å². The molecule has 31 heavy (non-hydrogen) atoms. The second-order valence-corrected chi connectivity index (χ2v) is 9.84. The van der Waals surface area contributed by atoms with Crippen molar-refractivity contribution in [3.63, 3.8) is 0 Å². The number of halogens is 1. The number of rotatable bonds is 7. The van der Waals surface area contributed by atoms with Crippen molar-refractivity contribution >= 4 is 32.5 Å². The zero-order valence-corrected chi connectivity index (χ0v) is 18.6. The van der Waals surface area contributed by atoms with Crippen LogP contribution in [0.1, 0.15) is 18.4 Å². The minimum atomic E-state index is -3.87. The molecule has 7 nitrogen and oxygen atoms in total. The van der Waals surface area contributed by atoms with Crippen LogP contribution in [0.5, 0.6) is 5.75 Å². The predicted molar refractivity (Wildman–Crippen MR) is 119 cm³/mol. The summed E-state index contributed by atoms with van der Waals surface area (Å²) >= 11 is 5.93. The van der Waals surface area contributed by atoms with E-state index in [1.807, 2.05) is 0 Å². The van der Waals surface area contributed by atoms with Gasteiger partial charge in [-0.15, -0.1) is 0 Å². The first-order valence-corrected chi connectivity index (χ1v) is 11.8. The summed E-state index contributed by atoms with van der Waals surface area (Å²) in [5.74, 6) is 0.649. The maximum atomic E-state index is 13.4. The number of fused-ring (bicyclic) bond motifs is 1. The van der Waals surface area contributed by atoms with Gasteiger partial charge < -0.3 is 14.5 Å². The largest absolute Gasteiger partial charge is 0.497 e. The summed E-state index contributed by atoms with van der Waals surface area (Å²) in [6, 6.07) is 13.0. The van der Waals surface area contributed by atoms with Crippen LogP contribution in [0.3, 0.4) is 0 Å². The van der Waals surface area contributed by atoms with Crippen LogP contribution in [0.15, 0.2) is 58.2 Å². The molecule has 1 aromatic heterocycles. The van der Waals surface area contributed by atoms with Crippen molar-refractivity contribution < 1.29 is 17.9 Å². The van der Waals surface area contributed by atoms with E-state index in [1.165, 1.54) is 28.6 Å². The van der Waals surface area contributed by atoms with Gasteiger partial charge in [-0.05, 0) is 61.4 Å². The van der Waals surface area contributed by atoms with Gasteiger partial charge >= 0.3 is 0 Å². The SMILES string of the molecule is COc1ccc2[nH]c(=O)c(CN(C[C@H]3CCCO3)S(=O)(=O)c3ccc(Cl)cc3)cc2c1. The quantitative estimate of drug-likeness (QED) is 0.580. The van der Waals surface area contributed by atoms with E-state index < -0.39 is 10.0 Å². The Hall–Kier alpha value is -2.39. The van der Waals surface area contributed by atoms with Gasteiger partial charge in [0.05, 0.1) is 18.1 Å². The number of benzene rings is 2. The summed E-state index contributed by atoms with van der Waals surface area (Å²) in [4.78, 5) is 15.7. The normalized spacial score (nSPS) is 16.8. The molecule has 0 unspecified atom stereocenters. The molecule has 0 amide bonds. The van der Waals surface area contributed by atoms with E-state index in [0.29, 0.717) is 28.5 Å². The predicted octanol–water partition coefficient (Wildman–Crippen LogP) is 3.56. The van der Waals surface area contributed by atoms with Crippen LogP contribution < -0.4 is 10.3 Å². The van der Waals surface area contributed by atoms with Crippen LogP contribution >= 0.6 is 11.6 Å². The Labute approximate surface area is 185 Å².